The number of benzene rings is 1. The number of unbranched alkanes of at least 4 members (excludes halogenated alkanes) is 1. The molecule has 0 bridgehead atoms. The molecule has 0 radical (unpaired) electrons. The van der Waals surface area contributed by atoms with E-state index in [-0.39, 0.29) is 12.4 Å². The lowest BCUT2D eigenvalue weighted by molar-refractivity contribution is 0.833. The predicted molar refractivity (Wildman–Crippen MR) is 61.8 cm³/mol. The van der Waals surface area contributed by atoms with Gasteiger partial charge in [0, 0.05) is 12.2 Å². The van der Waals surface area contributed by atoms with Gasteiger partial charge in [-0.2, -0.15) is 0 Å². The van der Waals surface area contributed by atoms with Gasteiger partial charge in [-0.3, -0.25) is 0 Å². The van der Waals surface area contributed by atoms with Crippen LogP contribution in [0, 0.1) is 6.92 Å². The normalized spacial score (nSPS) is 9.08. The zero-order valence-electron chi connectivity index (χ0n) is 8.34. The van der Waals surface area contributed by atoms with Crippen LogP contribution in [-0.4, -0.2) is 6.54 Å². The quantitative estimate of drug-likeness (QED) is 0.731. The number of anilines is 1. The predicted octanol–water partition coefficient (Wildman–Crippen LogP) is 3.63. The maximum Gasteiger partial charge on any atom is 0.0369 e. The average molecular weight is 200 g/mol. The highest BCUT2D eigenvalue weighted by Crippen LogP contribution is 2.12. The molecule has 0 saturated carbocycles. The summed E-state index contributed by atoms with van der Waals surface area (Å²) < 4.78 is 0. The van der Waals surface area contributed by atoms with E-state index in [4.69, 9.17) is 0 Å². The molecule has 0 heterocycles. The van der Waals surface area contributed by atoms with E-state index in [0.29, 0.717) is 0 Å². The first-order valence-corrected chi connectivity index (χ1v) is 4.64. The number of para-hydroxylation sites is 1. The van der Waals surface area contributed by atoms with Crippen molar-refractivity contribution in [2.24, 2.45) is 0 Å². The Kier molecular flexibility index (Phi) is 6.43. The summed E-state index contributed by atoms with van der Waals surface area (Å²) in [7, 11) is 0. The summed E-state index contributed by atoms with van der Waals surface area (Å²) in [6.45, 7) is 5.43. The third kappa shape index (κ3) is 4.18. The molecule has 0 aliphatic carbocycles. The average Bonchev–Trinajstić information content (AvgIpc) is 2.09. The number of aryl methyl sites for hydroxylation is 1. The summed E-state index contributed by atoms with van der Waals surface area (Å²) in [5.74, 6) is 0. The van der Waals surface area contributed by atoms with Gasteiger partial charge in [-0.05, 0) is 25.0 Å². The zero-order valence-corrected chi connectivity index (χ0v) is 9.16. The summed E-state index contributed by atoms with van der Waals surface area (Å²) >= 11 is 0. The maximum atomic E-state index is 3.41. The molecule has 0 aliphatic heterocycles. The molecule has 0 saturated heterocycles. The molecule has 0 unspecified atom stereocenters. The standard InChI is InChI=1S/C11H17N.ClH/c1-3-4-9-12-11-8-6-5-7-10(11)2;/h5-8,12H,3-4,9H2,1-2H3;1H. The number of rotatable bonds is 4. The van der Waals surface area contributed by atoms with Crippen molar-refractivity contribution in [3.05, 3.63) is 29.8 Å². The molecule has 0 aliphatic rings. The third-order valence-electron chi connectivity index (χ3n) is 1.99. The van der Waals surface area contributed by atoms with E-state index in [1.54, 1.807) is 0 Å². The van der Waals surface area contributed by atoms with Crippen molar-refractivity contribution in [3.8, 4) is 0 Å². The van der Waals surface area contributed by atoms with Crippen LogP contribution >= 0.6 is 12.4 Å². The Hall–Kier alpha value is -0.690. The second-order valence-corrected chi connectivity index (χ2v) is 3.10. The number of hydrogen-bond donors (Lipinski definition) is 1. The van der Waals surface area contributed by atoms with Crippen LogP contribution in [0.3, 0.4) is 0 Å². The van der Waals surface area contributed by atoms with Crippen molar-refractivity contribution in [1.82, 2.24) is 0 Å². The maximum absolute atomic E-state index is 3.41. The highest BCUT2D eigenvalue weighted by atomic mass is 35.5. The highest BCUT2D eigenvalue weighted by molar-refractivity contribution is 5.85. The van der Waals surface area contributed by atoms with Gasteiger partial charge in [-0.25, -0.2) is 0 Å². The minimum Gasteiger partial charge on any atom is -0.385 e. The molecule has 1 aromatic rings. The number of nitrogens with one attached hydrogen (secondary N) is 1. The van der Waals surface area contributed by atoms with E-state index in [2.05, 4.69) is 43.4 Å². The molecule has 0 atom stereocenters. The van der Waals surface area contributed by atoms with Crippen molar-refractivity contribution in [3.63, 3.8) is 0 Å². The van der Waals surface area contributed by atoms with E-state index < -0.39 is 0 Å². The molecule has 0 amide bonds. The molecule has 1 rings (SSSR count). The van der Waals surface area contributed by atoms with E-state index in [1.165, 1.54) is 24.1 Å². The van der Waals surface area contributed by atoms with Gasteiger partial charge >= 0.3 is 0 Å². The fourth-order valence-electron chi connectivity index (χ4n) is 1.17. The Morgan fingerprint density at radius 3 is 2.54 bits per heavy atom. The SMILES string of the molecule is CCCCNc1ccccc1C.Cl. The van der Waals surface area contributed by atoms with E-state index >= 15 is 0 Å². The molecule has 13 heavy (non-hydrogen) atoms. The lowest BCUT2D eigenvalue weighted by Crippen LogP contribution is -2.01. The van der Waals surface area contributed by atoms with E-state index in [0.717, 1.165) is 6.54 Å². The Morgan fingerprint density at radius 1 is 1.23 bits per heavy atom. The molecule has 1 aromatic carbocycles. The molecule has 74 valence electrons. The fraction of sp³-hybridized carbons (Fsp3) is 0.455. The zero-order chi connectivity index (χ0) is 8.81. The van der Waals surface area contributed by atoms with Crippen molar-refractivity contribution < 1.29 is 0 Å². The Labute approximate surface area is 87.0 Å². The van der Waals surface area contributed by atoms with Crippen molar-refractivity contribution in [2.45, 2.75) is 26.7 Å². The van der Waals surface area contributed by atoms with Gasteiger partial charge in [-0.1, -0.05) is 31.5 Å². The second kappa shape index (κ2) is 6.79. The highest BCUT2D eigenvalue weighted by Gasteiger charge is 1.93. The van der Waals surface area contributed by atoms with Gasteiger partial charge in [0.15, 0.2) is 0 Å². The van der Waals surface area contributed by atoms with Gasteiger partial charge in [0.05, 0.1) is 0 Å². The monoisotopic (exact) mass is 199 g/mol. The van der Waals surface area contributed by atoms with Crippen LogP contribution in [0.1, 0.15) is 25.3 Å². The summed E-state index contributed by atoms with van der Waals surface area (Å²) in [5.41, 5.74) is 2.60. The molecule has 0 fully saturated rings. The molecule has 2 heteroatoms. The van der Waals surface area contributed by atoms with Gasteiger partial charge < -0.3 is 5.32 Å². The van der Waals surface area contributed by atoms with Crippen molar-refractivity contribution in [2.75, 3.05) is 11.9 Å². The molecule has 1 N–H and O–H groups in total. The van der Waals surface area contributed by atoms with Gasteiger partial charge in [0.2, 0.25) is 0 Å². The Bertz CT molecular complexity index is 235. The van der Waals surface area contributed by atoms with Crippen LogP contribution in [0.25, 0.3) is 0 Å². The first-order valence-electron chi connectivity index (χ1n) is 4.64. The van der Waals surface area contributed by atoms with Crippen LogP contribution in [0.4, 0.5) is 5.69 Å². The lowest BCUT2D eigenvalue weighted by atomic mass is 10.2. The lowest BCUT2D eigenvalue weighted by Gasteiger charge is -2.07. The smallest absolute Gasteiger partial charge is 0.0369 e. The van der Waals surface area contributed by atoms with Crippen LogP contribution in [0.2, 0.25) is 0 Å². The summed E-state index contributed by atoms with van der Waals surface area (Å²) in [5, 5.41) is 3.41. The van der Waals surface area contributed by atoms with Crippen molar-refractivity contribution in [1.29, 1.82) is 0 Å². The fourth-order valence-corrected chi connectivity index (χ4v) is 1.17. The minimum atomic E-state index is 0. The number of hydrogen-bond acceptors (Lipinski definition) is 1. The Morgan fingerprint density at radius 2 is 1.92 bits per heavy atom. The van der Waals surface area contributed by atoms with Crippen LogP contribution < -0.4 is 5.32 Å². The van der Waals surface area contributed by atoms with Crippen LogP contribution in [0.5, 0.6) is 0 Å². The van der Waals surface area contributed by atoms with Crippen LogP contribution in [-0.2, 0) is 0 Å². The van der Waals surface area contributed by atoms with Gasteiger partial charge in [0.1, 0.15) is 0 Å². The summed E-state index contributed by atoms with van der Waals surface area (Å²) in [6.07, 6.45) is 2.49. The molecule has 0 spiro atoms. The summed E-state index contributed by atoms with van der Waals surface area (Å²) in [4.78, 5) is 0. The van der Waals surface area contributed by atoms with Gasteiger partial charge in [0.25, 0.3) is 0 Å². The molecule has 1 nitrogen and oxygen atoms in total. The van der Waals surface area contributed by atoms with Crippen molar-refractivity contribution >= 4 is 18.1 Å². The number of halogens is 1. The molecular formula is C11H18ClN. The largest absolute Gasteiger partial charge is 0.385 e. The Balaban J connectivity index is 0.00000144. The first-order chi connectivity index (χ1) is 5.84. The third-order valence-corrected chi connectivity index (χ3v) is 1.99. The first kappa shape index (κ1) is 12.3. The van der Waals surface area contributed by atoms with Crippen LogP contribution in [0.15, 0.2) is 24.3 Å². The minimum absolute atomic E-state index is 0. The summed E-state index contributed by atoms with van der Waals surface area (Å²) in [6, 6.07) is 8.40. The second-order valence-electron chi connectivity index (χ2n) is 3.10. The topological polar surface area (TPSA) is 12.0 Å². The molecule has 0 aromatic heterocycles. The van der Waals surface area contributed by atoms with E-state index in [1.807, 2.05) is 0 Å². The van der Waals surface area contributed by atoms with E-state index in [9.17, 15) is 0 Å². The molecular weight excluding hydrogens is 182 g/mol. The van der Waals surface area contributed by atoms with Gasteiger partial charge in [-0.15, -0.1) is 12.4 Å².